The molecule has 2 aromatic rings. The van der Waals surface area contributed by atoms with Crippen LogP contribution in [0.3, 0.4) is 0 Å². The largest absolute Gasteiger partial charge is 0.465 e. The molecule has 31 heavy (non-hydrogen) atoms. The summed E-state index contributed by atoms with van der Waals surface area (Å²) in [6.45, 7) is 7.93. The van der Waals surface area contributed by atoms with Gasteiger partial charge in [0.2, 0.25) is 0 Å². The van der Waals surface area contributed by atoms with Crippen LogP contribution in [-0.4, -0.2) is 69.9 Å². The van der Waals surface area contributed by atoms with E-state index >= 15 is 0 Å². The number of rotatable bonds is 6. The number of hydrogen-bond donors (Lipinski definition) is 2. The Morgan fingerprint density at radius 3 is 2.77 bits per heavy atom. The van der Waals surface area contributed by atoms with E-state index in [4.69, 9.17) is 20.8 Å². The highest BCUT2D eigenvalue weighted by Crippen LogP contribution is 2.24. The van der Waals surface area contributed by atoms with Crippen molar-refractivity contribution in [2.24, 2.45) is 4.99 Å². The summed E-state index contributed by atoms with van der Waals surface area (Å²) < 4.78 is 11.5. The fourth-order valence-electron chi connectivity index (χ4n) is 4.30. The normalized spacial score (nSPS) is 21.3. The van der Waals surface area contributed by atoms with Crippen LogP contribution in [0.2, 0.25) is 5.02 Å². The number of hydrogen-bond acceptors (Lipinski definition) is 5. The van der Waals surface area contributed by atoms with Crippen LogP contribution < -0.4 is 15.5 Å². The third-order valence-electron chi connectivity index (χ3n) is 5.96. The van der Waals surface area contributed by atoms with Crippen molar-refractivity contribution in [2.75, 3.05) is 57.9 Å². The Labute approximate surface area is 189 Å². The first kappa shape index (κ1) is 22.0. The smallest absolute Gasteiger partial charge is 0.191 e. The van der Waals surface area contributed by atoms with E-state index in [1.165, 1.54) is 5.69 Å². The van der Waals surface area contributed by atoms with E-state index in [1.807, 2.05) is 38.2 Å². The molecule has 8 heteroatoms. The van der Waals surface area contributed by atoms with Crippen LogP contribution in [0.25, 0.3) is 0 Å². The van der Waals surface area contributed by atoms with E-state index < -0.39 is 0 Å². The lowest BCUT2D eigenvalue weighted by Crippen LogP contribution is -2.48. The van der Waals surface area contributed by atoms with Crippen molar-refractivity contribution in [3.8, 4) is 0 Å². The van der Waals surface area contributed by atoms with Gasteiger partial charge in [0, 0.05) is 56.5 Å². The molecule has 2 atom stereocenters. The van der Waals surface area contributed by atoms with Crippen LogP contribution in [0.15, 0.2) is 45.8 Å². The van der Waals surface area contributed by atoms with Gasteiger partial charge in [0.25, 0.3) is 0 Å². The zero-order valence-corrected chi connectivity index (χ0v) is 19.1. The molecule has 3 heterocycles. The maximum Gasteiger partial charge on any atom is 0.191 e. The number of aliphatic imine (C=N–C) groups is 1. The zero-order valence-electron chi connectivity index (χ0n) is 18.3. The highest BCUT2D eigenvalue weighted by atomic mass is 35.5. The summed E-state index contributed by atoms with van der Waals surface area (Å²) in [5.41, 5.74) is 1.17. The molecule has 0 spiro atoms. The number of anilines is 1. The molecule has 2 unspecified atom stereocenters. The molecule has 2 aliphatic rings. The number of ether oxygens (including phenoxy) is 1. The van der Waals surface area contributed by atoms with Crippen LogP contribution >= 0.6 is 11.6 Å². The molecule has 0 aliphatic carbocycles. The number of benzene rings is 1. The number of aryl methyl sites for hydroxylation is 1. The van der Waals surface area contributed by atoms with Gasteiger partial charge in [-0.3, -0.25) is 9.89 Å². The highest BCUT2D eigenvalue weighted by Gasteiger charge is 2.27. The zero-order chi connectivity index (χ0) is 21.6. The van der Waals surface area contributed by atoms with Crippen LogP contribution in [0.1, 0.15) is 24.0 Å². The second-order valence-corrected chi connectivity index (χ2v) is 8.56. The van der Waals surface area contributed by atoms with E-state index in [-0.39, 0.29) is 6.04 Å². The van der Waals surface area contributed by atoms with Crippen molar-refractivity contribution >= 4 is 23.2 Å². The maximum atomic E-state index is 6.16. The number of nitrogens with zero attached hydrogens (tertiary/aromatic N) is 3. The van der Waals surface area contributed by atoms with Gasteiger partial charge in [0.15, 0.2) is 5.96 Å². The van der Waals surface area contributed by atoms with E-state index in [0.717, 1.165) is 74.9 Å². The van der Waals surface area contributed by atoms with Gasteiger partial charge in [-0.15, -0.1) is 0 Å². The Balaban J connectivity index is 1.34. The van der Waals surface area contributed by atoms with Gasteiger partial charge in [-0.25, -0.2) is 0 Å². The lowest BCUT2D eigenvalue weighted by molar-refractivity contribution is 0.0124. The van der Waals surface area contributed by atoms with Gasteiger partial charge in [0.1, 0.15) is 11.5 Å². The molecule has 1 aromatic heterocycles. The summed E-state index contributed by atoms with van der Waals surface area (Å²) in [5.74, 6) is 2.73. The van der Waals surface area contributed by atoms with Crippen molar-refractivity contribution in [2.45, 2.75) is 25.4 Å². The number of halogens is 1. The Morgan fingerprint density at radius 2 is 2.06 bits per heavy atom. The van der Waals surface area contributed by atoms with Crippen LogP contribution in [0.5, 0.6) is 0 Å². The van der Waals surface area contributed by atoms with Crippen molar-refractivity contribution < 1.29 is 9.15 Å². The molecule has 168 valence electrons. The molecule has 0 saturated carbocycles. The first-order valence-electron chi connectivity index (χ1n) is 11.0. The first-order chi connectivity index (χ1) is 15.1. The van der Waals surface area contributed by atoms with Crippen molar-refractivity contribution in [3.05, 3.63) is 52.9 Å². The third kappa shape index (κ3) is 5.73. The lowest BCUT2D eigenvalue weighted by Gasteiger charge is -2.33. The molecular weight excluding hydrogens is 414 g/mol. The molecule has 2 N–H and O–H groups in total. The molecule has 0 amide bonds. The fraction of sp³-hybridized carbons (Fsp3) is 0.522. The molecule has 2 aliphatic heterocycles. The van der Waals surface area contributed by atoms with Crippen LogP contribution in [-0.2, 0) is 4.74 Å². The molecule has 7 nitrogen and oxygen atoms in total. The standard InChI is InChI=1S/C23H32ClN5O2/c1-17-6-7-22(31-17)21(28-10-12-30-13-11-28)15-26-23(25-2)27-19-8-9-29(16-19)20-5-3-4-18(24)14-20/h3-7,14,19,21H,8-13,15-16H2,1-2H3,(H2,25,26,27). The first-order valence-corrected chi connectivity index (χ1v) is 11.4. The SMILES string of the molecule is CN=C(NCC(c1ccc(C)o1)N1CCOCC1)NC1CCN(c2cccc(Cl)c2)C1. The average molecular weight is 446 g/mol. The van der Waals surface area contributed by atoms with Gasteiger partial charge in [-0.2, -0.15) is 0 Å². The summed E-state index contributed by atoms with van der Waals surface area (Å²) >= 11 is 6.16. The highest BCUT2D eigenvalue weighted by molar-refractivity contribution is 6.30. The lowest BCUT2D eigenvalue weighted by atomic mass is 10.1. The molecule has 1 aromatic carbocycles. The third-order valence-corrected chi connectivity index (χ3v) is 6.20. The summed E-state index contributed by atoms with van der Waals surface area (Å²) in [7, 11) is 1.82. The fourth-order valence-corrected chi connectivity index (χ4v) is 4.48. The number of nitrogens with one attached hydrogen (secondary N) is 2. The minimum Gasteiger partial charge on any atom is -0.465 e. The van der Waals surface area contributed by atoms with Crippen LogP contribution in [0, 0.1) is 6.92 Å². The Bertz CT molecular complexity index is 880. The van der Waals surface area contributed by atoms with Gasteiger partial charge in [0.05, 0.1) is 19.3 Å². The quantitative estimate of drug-likeness (QED) is 0.526. The van der Waals surface area contributed by atoms with Crippen molar-refractivity contribution in [3.63, 3.8) is 0 Å². The summed E-state index contributed by atoms with van der Waals surface area (Å²) in [6.07, 6.45) is 1.05. The van der Waals surface area contributed by atoms with E-state index in [2.05, 4.69) is 37.6 Å². The van der Waals surface area contributed by atoms with Crippen LogP contribution in [0.4, 0.5) is 5.69 Å². The predicted octanol–water partition coefficient (Wildman–Crippen LogP) is 3.06. The van der Waals surface area contributed by atoms with E-state index in [0.29, 0.717) is 6.04 Å². The molecule has 0 bridgehead atoms. The minimum atomic E-state index is 0.141. The second-order valence-electron chi connectivity index (χ2n) is 8.12. The second kappa shape index (κ2) is 10.4. The Hall–Kier alpha value is -2.22. The summed E-state index contributed by atoms with van der Waals surface area (Å²) in [4.78, 5) is 9.24. The Kier molecular flexibility index (Phi) is 7.37. The van der Waals surface area contributed by atoms with E-state index in [9.17, 15) is 0 Å². The molecular formula is C23H32ClN5O2. The number of guanidine groups is 1. The minimum absolute atomic E-state index is 0.141. The van der Waals surface area contributed by atoms with Gasteiger partial charge in [-0.05, 0) is 43.7 Å². The summed E-state index contributed by atoms with van der Waals surface area (Å²) in [6, 6.07) is 12.6. The Morgan fingerprint density at radius 1 is 1.23 bits per heavy atom. The van der Waals surface area contributed by atoms with Crippen molar-refractivity contribution in [1.82, 2.24) is 15.5 Å². The number of morpholine rings is 1. The average Bonchev–Trinajstić information content (AvgIpc) is 3.43. The monoisotopic (exact) mass is 445 g/mol. The molecule has 0 radical (unpaired) electrons. The molecule has 2 fully saturated rings. The topological polar surface area (TPSA) is 65.3 Å². The predicted molar refractivity (Wildman–Crippen MR) is 125 cm³/mol. The maximum absolute atomic E-state index is 6.16. The molecule has 2 saturated heterocycles. The van der Waals surface area contributed by atoms with E-state index in [1.54, 1.807) is 0 Å². The molecule has 4 rings (SSSR count). The van der Waals surface area contributed by atoms with Gasteiger partial charge >= 0.3 is 0 Å². The van der Waals surface area contributed by atoms with Gasteiger partial charge in [-0.1, -0.05) is 17.7 Å². The number of furan rings is 1. The van der Waals surface area contributed by atoms with Gasteiger partial charge < -0.3 is 24.7 Å². The van der Waals surface area contributed by atoms with Crippen molar-refractivity contribution in [1.29, 1.82) is 0 Å². The summed E-state index contributed by atoms with van der Waals surface area (Å²) in [5, 5.41) is 7.88.